The average Bonchev–Trinajstić information content (AvgIpc) is 2.94. The summed E-state index contributed by atoms with van der Waals surface area (Å²) in [5.74, 6) is 1.15. The van der Waals surface area contributed by atoms with Gasteiger partial charge in [-0.1, -0.05) is 6.07 Å². The molecule has 3 rings (SSSR count). The molecular formula is C18H26N2O4S. The number of carbonyl (C=O) groups excluding carboxylic acids is 1. The molecule has 0 aliphatic carbocycles. The van der Waals surface area contributed by atoms with Crippen LogP contribution in [0.4, 0.5) is 0 Å². The summed E-state index contributed by atoms with van der Waals surface area (Å²) in [5.41, 5.74) is 2.50. The van der Waals surface area contributed by atoms with Crippen LogP contribution in [0.1, 0.15) is 24.5 Å². The summed E-state index contributed by atoms with van der Waals surface area (Å²) in [6, 6.07) is 5.93. The van der Waals surface area contributed by atoms with Crippen LogP contribution in [0.25, 0.3) is 0 Å². The first-order chi connectivity index (χ1) is 11.9. The standard InChI is InChI=1S/C18H26N2O4S/c1-3-20(16-7-9-25(22,23)13-16)18(21)12-19-8-6-14-4-5-17(24-2)10-15(14)11-19/h4-5,10,16H,3,6-9,11-13H2,1-2H3. The maximum atomic E-state index is 12.7. The van der Waals surface area contributed by atoms with Crippen molar-refractivity contribution in [3.8, 4) is 5.75 Å². The van der Waals surface area contributed by atoms with Gasteiger partial charge < -0.3 is 9.64 Å². The first-order valence-corrected chi connectivity index (χ1v) is 10.6. The third-order valence-electron chi connectivity index (χ3n) is 5.17. The van der Waals surface area contributed by atoms with Crippen LogP contribution in [0, 0.1) is 0 Å². The lowest BCUT2D eigenvalue weighted by Crippen LogP contribution is -2.47. The molecule has 1 aromatic rings. The van der Waals surface area contributed by atoms with Crippen molar-refractivity contribution in [2.45, 2.75) is 32.4 Å². The fourth-order valence-electron chi connectivity index (χ4n) is 3.80. The summed E-state index contributed by atoms with van der Waals surface area (Å²) >= 11 is 0. The quantitative estimate of drug-likeness (QED) is 0.780. The molecule has 7 heteroatoms. The van der Waals surface area contributed by atoms with E-state index in [0.717, 1.165) is 25.3 Å². The molecule has 0 saturated carbocycles. The highest BCUT2D eigenvalue weighted by Crippen LogP contribution is 2.24. The molecule has 0 aromatic heterocycles. The monoisotopic (exact) mass is 366 g/mol. The summed E-state index contributed by atoms with van der Waals surface area (Å²) in [6.45, 7) is 4.36. The highest BCUT2D eigenvalue weighted by Gasteiger charge is 2.34. The van der Waals surface area contributed by atoms with E-state index in [4.69, 9.17) is 4.74 Å². The van der Waals surface area contributed by atoms with Gasteiger partial charge in [-0.05, 0) is 43.0 Å². The van der Waals surface area contributed by atoms with Crippen molar-refractivity contribution >= 4 is 15.7 Å². The number of methoxy groups -OCH3 is 1. The number of fused-ring (bicyclic) bond motifs is 1. The molecule has 2 aliphatic heterocycles. The van der Waals surface area contributed by atoms with Crippen molar-refractivity contribution in [2.24, 2.45) is 0 Å². The van der Waals surface area contributed by atoms with E-state index in [1.54, 1.807) is 12.0 Å². The Balaban J connectivity index is 1.64. The molecule has 2 aliphatic rings. The Morgan fingerprint density at radius 1 is 1.36 bits per heavy atom. The number of sulfone groups is 1. The predicted octanol–water partition coefficient (Wildman–Crippen LogP) is 1.09. The predicted molar refractivity (Wildman–Crippen MR) is 96.4 cm³/mol. The summed E-state index contributed by atoms with van der Waals surface area (Å²) < 4.78 is 28.7. The van der Waals surface area contributed by atoms with E-state index >= 15 is 0 Å². The van der Waals surface area contributed by atoms with Crippen LogP contribution < -0.4 is 4.74 Å². The van der Waals surface area contributed by atoms with Crippen LogP contribution in [0.3, 0.4) is 0 Å². The Kier molecular flexibility index (Phi) is 5.34. The van der Waals surface area contributed by atoms with Gasteiger partial charge in [-0.2, -0.15) is 0 Å². The van der Waals surface area contributed by atoms with Gasteiger partial charge in [-0.15, -0.1) is 0 Å². The number of hydrogen-bond acceptors (Lipinski definition) is 5. The molecule has 6 nitrogen and oxygen atoms in total. The molecule has 0 radical (unpaired) electrons. The lowest BCUT2D eigenvalue weighted by atomic mass is 9.99. The van der Waals surface area contributed by atoms with Crippen molar-refractivity contribution in [3.05, 3.63) is 29.3 Å². The Hall–Kier alpha value is -1.60. The minimum atomic E-state index is -2.99. The normalized spacial score (nSPS) is 22.4. The van der Waals surface area contributed by atoms with Gasteiger partial charge in [0.05, 0.1) is 25.2 Å². The molecule has 0 N–H and O–H groups in total. The van der Waals surface area contributed by atoms with E-state index < -0.39 is 9.84 Å². The number of rotatable bonds is 5. The number of carbonyl (C=O) groups is 1. The molecule has 1 unspecified atom stereocenters. The second-order valence-electron chi connectivity index (χ2n) is 6.83. The molecule has 1 saturated heterocycles. The fourth-order valence-corrected chi connectivity index (χ4v) is 5.53. The second kappa shape index (κ2) is 7.33. The molecule has 2 heterocycles. The molecule has 1 aromatic carbocycles. The van der Waals surface area contributed by atoms with Gasteiger partial charge >= 0.3 is 0 Å². The number of likely N-dealkylation sites (N-methyl/N-ethyl adjacent to an activating group) is 1. The van der Waals surface area contributed by atoms with Crippen LogP contribution in [-0.4, -0.2) is 68.4 Å². The van der Waals surface area contributed by atoms with Crippen molar-refractivity contribution in [2.75, 3.05) is 38.2 Å². The molecule has 1 atom stereocenters. The Morgan fingerprint density at radius 3 is 2.80 bits per heavy atom. The molecule has 1 fully saturated rings. The second-order valence-corrected chi connectivity index (χ2v) is 9.06. The first-order valence-electron chi connectivity index (χ1n) is 8.80. The van der Waals surface area contributed by atoms with Crippen LogP contribution >= 0.6 is 0 Å². The maximum absolute atomic E-state index is 12.7. The highest BCUT2D eigenvalue weighted by atomic mass is 32.2. The van der Waals surface area contributed by atoms with E-state index in [1.165, 1.54) is 11.1 Å². The molecule has 138 valence electrons. The van der Waals surface area contributed by atoms with Crippen molar-refractivity contribution < 1.29 is 17.9 Å². The molecule has 1 amide bonds. The number of amides is 1. The van der Waals surface area contributed by atoms with Crippen molar-refractivity contribution in [1.82, 2.24) is 9.80 Å². The van der Waals surface area contributed by atoms with Gasteiger partial charge in [0.15, 0.2) is 9.84 Å². The van der Waals surface area contributed by atoms with E-state index in [-0.39, 0.29) is 23.5 Å². The minimum Gasteiger partial charge on any atom is -0.497 e. The number of nitrogens with zero attached hydrogens (tertiary/aromatic N) is 2. The molecule has 0 spiro atoms. The molecule has 25 heavy (non-hydrogen) atoms. The topological polar surface area (TPSA) is 66.9 Å². The zero-order chi connectivity index (χ0) is 18.0. The molecule has 0 bridgehead atoms. The van der Waals surface area contributed by atoms with Crippen LogP contribution in [0.5, 0.6) is 5.75 Å². The maximum Gasteiger partial charge on any atom is 0.237 e. The van der Waals surface area contributed by atoms with Crippen LogP contribution in [0.2, 0.25) is 0 Å². The highest BCUT2D eigenvalue weighted by molar-refractivity contribution is 7.91. The van der Waals surface area contributed by atoms with Gasteiger partial charge in [-0.25, -0.2) is 8.42 Å². The summed E-state index contributed by atoms with van der Waals surface area (Å²) in [7, 11) is -1.33. The van der Waals surface area contributed by atoms with E-state index in [1.807, 2.05) is 19.1 Å². The fraction of sp³-hybridized carbons (Fsp3) is 0.611. The van der Waals surface area contributed by atoms with E-state index in [9.17, 15) is 13.2 Å². The van der Waals surface area contributed by atoms with Gasteiger partial charge in [0, 0.05) is 25.7 Å². The third kappa shape index (κ3) is 4.15. The van der Waals surface area contributed by atoms with Gasteiger partial charge in [0.1, 0.15) is 5.75 Å². The van der Waals surface area contributed by atoms with E-state index in [2.05, 4.69) is 11.0 Å². The number of ether oxygens (including phenoxy) is 1. The largest absolute Gasteiger partial charge is 0.497 e. The van der Waals surface area contributed by atoms with Crippen LogP contribution in [0.15, 0.2) is 18.2 Å². The lowest BCUT2D eigenvalue weighted by Gasteiger charge is -2.32. The summed E-state index contributed by atoms with van der Waals surface area (Å²) in [5, 5.41) is 0. The van der Waals surface area contributed by atoms with E-state index in [0.29, 0.717) is 19.5 Å². The van der Waals surface area contributed by atoms with Gasteiger partial charge in [-0.3, -0.25) is 9.69 Å². The molecular weight excluding hydrogens is 340 g/mol. The summed E-state index contributed by atoms with van der Waals surface area (Å²) in [4.78, 5) is 16.6. The Labute approximate surface area is 149 Å². The van der Waals surface area contributed by atoms with Crippen molar-refractivity contribution in [1.29, 1.82) is 0 Å². The smallest absolute Gasteiger partial charge is 0.237 e. The third-order valence-corrected chi connectivity index (χ3v) is 6.92. The van der Waals surface area contributed by atoms with Gasteiger partial charge in [0.25, 0.3) is 0 Å². The van der Waals surface area contributed by atoms with Crippen molar-refractivity contribution in [3.63, 3.8) is 0 Å². The van der Waals surface area contributed by atoms with Crippen LogP contribution in [-0.2, 0) is 27.6 Å². The number of benzene rings is 1. The number of hydrogen-bond donors (Lipinski definition) is 0. The first kappa shape index (κ1) is 18.2. The summed E-state index contributed by atoms with van der Waals surface area (Å²) in [6.07, 6.45) is 1.47. The minimum absolute atomic E-state index is 0.0240. The Morgan fingerprint density at radius 2 is 2.16 bits per heavy atom. The average molecular weight is 366 g/mol. The van der Waals surface area contributed by atoms with Gasteiger partial charge in [0.2, 0.25) is 5.91 Å². The Bertz CT molecular complexity index is 747. The SMILES string of the molecule is CCN(C(=O)CN1CCc2ccc(OC)cc2C1)C1CCS(=O)(=O)C1. The zero-order valence-corrected chi connectivity index (χ0v) is 15.7. The zero-order valence-electron chi connectivity index (χ0n) is 14.9. The lowest BCUT2D eigenvalue weighted by molar-refractivity contribution is -0.134.